The third kappa shape index (κ3) is 13.5. The van der Waals surface area contributed by atoms with Crippen LogP contribution in [0.1, 0.15) is 59.1 Å². The van der Waals surface area contributed by atoms with Crippen LogP contribution in [0.5, 0.6) is 0 Å². The molecular weight excluding hydrogens is 736 g/mol. The van der Waals surface area contributed by atoms with E-state index in [4.69, 9.17) is 28.4 Å². The summed E-state index contributed by atoms with van der Waals surface area (Å²) in [5.41, 5.74) is -0.430. The highest BCUT2D eigenvalue weighted by Gasteiger charge is 2.52. The van der Waals surface area contributed by atoms with E-state index in [2.05, 4.69) is 21.3 Å². The highest BCUT2D eigenvalue weighted by atomic mass is 16.7. The molecule has 4 amide bonds. The van der Waals surface area contributed by atoms with Gasteiger partial charge in [0.2, 0.25) is 0 Å². The molecular formula is C38H54N4O14. The van der Waals surface area contributed by atoms with Crippen LogP contribution in [-0.2, 0) is 41.6 Å². The summed E-state index contributed by atoms with van der Waals surface area (Å²) in [6, 6.07) is 13.6. The van der Waals surface area contributed by atoms with Crippen LogP contribution in [0, 0.1) is 0 Å². The molecule has 0 aromatic heterocycles. The summed E-state index contributed by atoms with van der Waals surface area (Å²) >= 11 is 0. The third-order valence-electron chi connectivity index (χ3n) is 8.56. The number of carbonyl (C=O) groups excluding carboxylic acids is 4. The van der Waals surface area contributed by atoms with Crippen molar-refractivity contribution in [3.8, 4) is 0 Å². The van der Waals surface area contributed by atoms with Crippen molar-refractivity contribution in [2.24, 2.45) is 0 Å². The molecule has 10 atom stereocenters. The maximum atomic E-state index is 13.1. The maximum absolute atomic E-state index is 13.1. The lowest BCUT2D eigenvalue weighted by Gasteiger charge is -2.47. The van der Waals surface area contributed by atoms with Crippen molar-refractivity contribution in [1.82, 2.24) is 21.3 Å². The molecule has 1 saturated heterocycles. The first kappa shape index (κ1) is 44.0. The standard InChI is InChI=1S/C38H54N4O14/c1-37(2,3)55-33(47)39-18-25-28(44)29(45)26(42-35(49)52-20-22-15-11-8-12-16-22)32(53-25)54-31-24(41-36(50)56-38(4,5)6)17-23(27(43)30(31)46)40-34(48)51-19-21-13-9-7-10-14-21/h7-16,23-32,43-46H,17-20H2,1-6H3,(H,39,47)(H,40,48)(H,41,50)(H,42,49)/t23-,24+,25-,26-,27+,28-,29-,30-,31-,32-/m1/s1. The molecule has 0 spiro atoms. The van der Waals surface area contributed by atoms with Gasteiger partial charge in [0.15, 0.2) is 6.29 Å². The Morgan fingerprint density at radius 1 is 0.643 bits per heavy atom. The van der Waals surface area contributed by atoms with Gasteiger partial charge in [0.25, 0.3) is 0 Å². The molecule has 0 unspecified atom stereocenters. The van der Waals surface area contributed by atoms with E-state index in [9.17, 15) is 39.6 Å². The predicted molar refractivity (Wildman–Crippen MR) is 197 cm³/mol. The molecule has 1 saturated carbocycles. The first-order chi connectivity index (χ1) is 26.3. The lowest BCUT2D eigenvalue weighted by atomic mass is 9.83. The number of amides is 4. The third-order valence-corrected chi connectivity index (χ3v) is 8.56. The minimum atomic E-state index is -1.85. The van der Waals surface area contributed by atoms with Gasteiger partial charge in [0, 0.05) is 6.54 Å². The molecule has 0 radical (unpaired) electrons. The molecule has 2 aliphatic rings. The van der Waals surface area contributed by atoms with Crippen LogP contribution in [0.3, 0.4) is 0 Å². The Morgan fingerprint density at radius 2 is 1.14 bits per heavy atom. The van der Waals surface area contributed by atoms with E-state index in [0.29, 0.717) is 11.1 Å². The number of alkyl carbamates (subject to hydrolysis) is 4. The average molecular weight is 791 g/mol. The van der Waals surface area contributed by atoms with Crippen molar-refractivity contribution in [3.63, 3.8) is 0 Å². The lowest BCUT2D eigenvalue weighted by Crippen LogP contribution is -2.70. The van der Waals surface area contributed by atoms with Crippen molar-refractivity contribution in [1.29, 1.82) is 0 Å². The van der Waals surface area contributed by atoms with Gasteiger partial charge in [0.05, 0.1) is 12.1 Å². The molecule has 18 heteroatoms. The molecule has 4 rings (SSSR count). The van der Waals surface area contributed by atoms with Crippen LogP contribution in [-0.4, -0.2) is 124 Å². The fraction of sp³-hybridized carbons (Fsp3) is 0.579. The second kappa shape index (κ2) is 19.4. The first-order valence-electron chi connectivity index (χ1n) is 18.2. The Balaban J connectivity index is 1.57. The zero-order valence-corrected chi connectivity index (χ0v) is 32.2. The molecule has 2 fully saturated rings. The molecule has 2 aromatic carbocycles. The van der Waals surface area contributed by atoms with Crippen LogP contribution in [0.4, 0.5) is 19.2 Å². The number of rotatable bonds is 11. The van der Waals surface area contributed by atoms with Crippen molar-refractivity contribution in [2.75, 3.05) is 6.54 Å². The average Bonchev–Trinajstić information content (AvgIpc) is 3.12. The summed E-state index contributed by atoms with van der Waals surface area (Å²) in [5, 5.41) is 55.2. The number of benzene rings is 2. The van der Waals surface area contributed by atoms with Crippen molar-refractivity contribution in [2.45, 2.75) is 133 Å². The van der Waals surface area contributed by atoms with Gasteiger partial charge in [-0.2, -0.15) is 0 Å². The van der Waals surface area contributed by atoms with Crippen LogP contribution in [0.25, 0.3) is 0 Å². The van der Waals surface area contributed by atoms with Crippen LogP contribution in [0.2, 0.25) is 0 Å². The highest BCUT2D eigenvalue weighted by Crippen LogP contribution is 2.30. The van der Waals surface area contributed by atoms with E-state index >= 15 is 0 Å². The van der Waals surface area contributed by atoms with Gasteiger partial charge in [-0.25, -0.2) is 19.2 Å². The number of nitrogens with one attached hydrogen (secondary N) is 4. The summed E-state index contributed by atoms with van der Waals surface area (Å²) in [7, 11) is 0. The highest BCUT2D eigenvalue weighted by molar-refractivity contribution is 5.69. The van der Waals surface area contributed by atoms with E-state index in [1.807, 2.05) is 0 Å². The minimum absolute atomic E-state index is 0.0807. The minimum Gasteiger partial charge on any atom is -0.445 e. The van der Waals surface area contributed by atoms with E-state index < -0.39 is 103 Å². The van der Waals surface area contributed by atoms with Crippen molar-refractivity contribution < 1.29 is 68.0 Å². The van der Waals surface area contributed by atoms with E-state index in [-0.39, 0.29) is 19.6 Å². The van der Waals surface area contributed by atoms with Gasteiger partial charge in [-0.1, -0.05) is 60.7 Å². The van der Waals surface area contributed by atoms with Gasteiger partial charge in [0.1, 0.15) is 67.1 Å². The number of hydrogen-bond acceptors (Lipinski definition) is 14. The predicted octanol–water partition coefficient (Wildman–Crippen LogP) is 1.95. The normalized spacial score (nSPS) is 27.9. The zero-order chi connectivity index (χ0) is 41.2. The first-order valence-corrected chi connectivity index (χ1v) is 18.2. The number of ether oxygens (including phenoxy) is 6. The Morgan fingerprint density at radius 3 is 1.68 bits per heavy atom. The van der Waals surface area contributed by atoms with Gasteiger partial charge in [-0.05, 0) is 59.1 Å². The smallest absolute Gasteiger partial charge is 0.407 e. The topological polar surface area (TPSA) is 253 Å². The fourth-order valence-electron chi connectivity index (χ4n) is 5.98. The summed E-state index contributed by atoms with van der Waals surface area (Å²) in [5.74, 6) is 0. The van der Waals surface area contributed by atoms with Crippen LogP contribution >= 0.6 is 0 Å². The Hall–Kier alpha value is -4.72. The SMILES string of the molecule is CC(C)(C)OC(=O)NC[C@H]1O[C@H](O[C@H]2[C@H](O)[C@@H](O)[C@H](NC(=O)OCc3ccccc3)C[C@@H]2NC(=O)OC(C)(C)C)[C@H](NC(=O)OCc2ccccc2)[C@@H](O)[C@@H]1O. The lowest BCUT2D eigenvalue weighted by molar-refractivity contribution is -0.293. The second-order valence-electron chi connectivity index (χ2n) is 15.5. The monoisotopic (exact) mass is 790 g/mol. The Kier molecular flexibility index (Phi) is 15.3. The Bertz CT molecular complexity index is 1590. The summed E-state index contributed by atoms with van der Waals surface area (Å²) in [6.45, 7) is 9.23. The second-order valence-corrected chi connectivity index (χ2v) is 15.5. The van der Waals surface area contributed by atoms with Gasteiger partial charge in [-0.3, -0.25) is 0 Å². The summed E-state index contributed by atoms with van der Waals surface area (Å²) in [4.78, 5) is 51.3. The van der Waals surface area contributed by atoms with Gasteiger partial charge >= 0.3 is 24.4 Å². The van der Waals surface area contributed by atoms with Crippen LogP contribution < -0.4 is 21.3 Å². The molecule has 56 heavy (non-hydrogen) atoms. The number of aliphatic hydroxyl groups excluding tert-OH is 4. The molecule has 18 nitrogen and oxygen atoms in total. The van der Waals surface area contributed by atoms with Gasteiger partial charge in [-0.15, -0.1) is 0 Å². The molecule has 2 aromatic rings. The fourth-order valence-corrected chi connectivity index (χ4v) is 5.98. The van der Waals surface area contributed by atoms with Crippen molar-refractivity contribution >= 4 is 24.4 Å². The largest absolute Gasteiger partial charge is 0.445 e. The van der Waals surface area contributed by atoms with E-state index in [1.165, 1.54) is 0 Å². The maximum Gasteiger partial charge on any atom is 0.407 e. The molecule has 1 aliphatic carbocycles. The van der Waals surface area contributed by atoms with E-state index in [0.717, 1.165) is 0 Å². The summed E-state index contributed by atoms with van der Waals surface area (Å²) in [6.07, 6.45) is -15.6. The molecule has 0 bridgehead atoms. The number of aliphatic hydroxyl groups is 4. The number of hydrogen-bond donors (Lipinski definition) is 8. The van der Waals surface area contributed by atoms with Crippen molar-refractivity contribution in [3.05, 3.63) is 71.8 Å². The zero-order valence-electron chi connectivity index (χ0n) is 32.2. The molecule has 1 aliphatic heterocycles. The Labute approximate surface area is 325 Å². The van der Waals surface area contributed by atoms with E-state index in [1.54, 1.807) is 102 Å². The number of carbonyl (C=O) groups is 4. The molecule has 1 heterocycles. The van der Waals surface area contributed by atoms with Gasteiger partial charge < -0.3 is 70.1 Å². The molecule has 8 N–H and O–H groups in total. The molecule has 310 valence electrons. The summed E-state index contributed by atoms with van der Waals surface area (Å²) < 4.78 is 33.5. The van der Waals surface area contributed by atoms with Crippen LogP contribution in [0.15, 0.2) is 60.7 Å². The quantitative estimate of drug-likeness (QED) is 0.152.